The molecule has 1 atom stereocenters. The molecule has 2 amide bonds. The van der Waals surface area contributed by atoms with E-state index in [9.17, 15) is 14.7 Å². The Morgan fingerprint density at radius 2 is 1.78 bits per heavy atom. The van der Waals surface area contributed by atoms with E-state index in [-0.39, 0.29) is 18.6 Å². The molecule has 0 spiro atoms. The third-order valence-electron chi connectivity index (χ3n) is 3.96. The molecule has 0 aromatic carbocycles. The Labute approximate surface area is 108 Å². The number of hydrogen-bond donors (Lipinski definition) is 3. The fourth-order valence-corrected chi connectivity index (χ4v) is 2.19. The van der Waals surface area contributed by atoms with Gasteiger partial charge in [0.15, 0.2) is 0 Å². The maximum absolute atomic E-state index is 11.7. The fourth-order valence-electron chi connectivity index (χ4n) is 2.19. The van der Waals surface area contributed by atoms with E-state index in [1.54, 1.807) is 0 Å². The number of urea groups is 1. The molecule has 104 valence electrons. The van der Waals surface area contributed by atoms with Crippen molar-refractivity contribution in [3.05, 3.63) is 0 Å². The number of aliphatic carboxylic acids is 1. The number of carboxylic acids is 1. The van der Waals surface area contributed by atoms with Gasteiger partial charge >= 0.3 is 12.0 Å². The summed E-state index contributed by atoms with van der Waals surface area (Å²) in [6.07, 6.45) is 3.17. The van der Waals surface area contributed by atoms with Crippen LogP contribution < -0.4 is 10.6 Å². The van der Waals surface area contributed by atoms with Crippen LogP contribution >= 0.6 is 0 Å². The minimum absolute atomic E-state index is 0.0781. The van der Waals surface area contributed by atoms with Crippen molar-refractivity contribution in [2.75, 3.05) is 6.54 Å². The van der Waals surface area contributed by atoms with Crippen LogP contribution in [0.3, 0.4) is 0 Å². The fraction of sp³-hybridized carbons (Fsp3) is 0.846. The van der Waals surface area contributed by atoms with E-state index in [1.807, 2.05) is 20.8 Å². The number of rotatable bonds is 5. The summed E-state index contributed by atoms with van der Waals surface area (Å²) in [6, 6.07) is -0.196. The predicted octanol–water partition coefficient (Wildman–Crippen LogP) is 1.98. The second kappa shape index (κ2) is 6.07. The second-order valence-electron chi connectivity index (χ2n) is 5.65. The highest BCUT2D eigenvalue weighted by molar-refractivity contribution is 5.78. The molecule has 1 rings (SSSR count). The lowest BCUT2D eigenvalue weighted by Crippen LogP contribution is -2.48. The standard InChI is InChI=1S/C13H24N2O3/c1-9(2)10(3)15-12(18)14-8-13(11(16)17)6-4-5-7-13/h9-10H,4-8H2,1-3H3,(H,16,17)(H2,14,15,18). The van der Waals surface area contributed by atoms with Crippen LogP contribution in [-0.2, 0) is 4.79 Å². The van der Waals surface area contributed by atoms with Crippen LogP contribution in [-0.4, -0.2) is 29.7 Å². The summed E-state index contributed by atoms with van der Waals surface area (Å²) in [5, 5.41) is 14.8. The van der Waals surface area contributed by atoms with Crippen molar-refractivity contribution in [2.45, 2.75) is 52.5 Å². The molecule has 5 heteroatoms. The molecule has 0 aromatic rings. The van der Waals surface area contributed by atoms with Crippen molar-refractivity contribution >= 4 is 12.0 Å². The highest BCUT2D eigenvalue weighted by atomic mass is 16.4. The van der Waals surface area contributed by atoms with Gasteiger partial charge in [-0.05, 0) is 25.7 Å². The van der Waals surface area contributed by atoms with Crippen molar-refractivity contribution in [1.29, 1.82) is 0 Å². The molecule has 5 nitrogen and oxygen atoms in total. The van der Waals surface area contributed by atoms with E-state index in [0.29, 0.717) is 18.8 Å². The maximum Gasteiger partial charge on any atom is 0.315 e. The summed E-state index contributed by atoms with van der Waals surface area (Å²) < 4.78 is 0. The van der Waals surface area contributed by atoms with E-state index >= 15 is 0 Å². The number of amides is 2. The van der Waals surface area contributed by atoms with Crippen LogP contribution in [0, 0.1) is 11.3 Å². The Hall–Kier alpha value is -1.26. The molecule has 18 heavy (non-hydrogen) atoms. The lowest BCUT2D eigenvalue weighted by molar-refractivity contribution is -0.148. The molecule has 1 unspecified atom stereocenters. The van der Waals surface area contributed by atoms with Crippen LogP contribution in [0.4, 0.5) is 4.79 Å². The van der Waals surface area contributed by atoms with Gasteiger partial charge in [-0.3, -0.25) is 4.79 Å². The van der Waals surface area contributed by atoms with Crippen LogP contribution in [0.1, 0.15) is 46.5 Å². The van der Waals surface area contributed by atoms with Crippen LogP contribution in [0.15, 0.2) is 0 Å². The normalized spacial score (nSPS) is 19.6. The highest BCUT2D eigenvalue weighted by Crippen LogP contribution is 2.37. The lowest BCUT2D eigenvalue weighted by atomic mass is 9.86. The third-order valence-corrected chi connectivity index (χ3v) is 3.96. The topological polar surface area (TPSA) is 78.4 Å². The average molecular weight is 256 g/mol. The van der Waals surface area contributed by atoms with Crippen molar-refractivity contribution in [2.24, 2.45) is 11.3 Å². The summed E-state index contributed by atoms with van der Waals surface area (Å²) in [6.45, 7) is 6.22. The average Bonchev–Trinajstić information content (AvgIpc) is 2.76. The van der Waals surface area contributed by atoms with Gasteiger partial charge in [-0.2, -0.15) is 0 Å². The van der Waals surface area contributed by atoms with E-state index in [2.05, 4.69) is 10.6 Å². The van der Waals surface area contributed by atoms with E-state index in [0.717, 1.165) is 12.8 Å². The van der Waals surface area contributed by atoms with Gasteiger partial charge in [0.05, 0.1) is 5.41 Å². The van der Waals surface area contributed by atoms with Crippen LogP contribution in [0.5, 0.6) is 0 Å². The summed E-state index contributed by atoms with van der Waals surface area (Å²) in [4.78, 5) is 23.0. The lowest BCUT2D eigenvalue weighted by Gasteiger charge is -2.25. The van der Waals surface area contributed by atoms with Crippen molar-refractivity contribution < 1.29 is 14.7 Å². The quantitative estimate of drug-likeness (QED) is 0.703. The Kier molecular flexibility index (Phi) is 4.99. The van der Waals surface area contributed by atoms with Gasteiger partial charge in [-0.1, -0.05) is 26.7 Å². The molecule has 0 aromatic heterocycles. The monoisotopic (exact) mass is 256 g/mol. The van der Waals surface area contributed by atoms with Gasteiger partial charge in [0, 0.05) is 12.6 Å². The smallest absolute Gasteiger partial charge is 0.315 e. The summed E-state index contributed by atoms with van der Waals surface area (Å²) >= 11 is 0. The molecule has 1 saturated carbocycles. The number of carbonyl (C=O) groups is 2. The van der Waals surface area contributed by atoms with Crippen molar-refractivity contribution in [3.8, 4) is 0 Å². The van der Waals surface area contributed by atoms with Crippen LogP contribution in [0.2, 0.25) is 0 Å². The van der Waals surface area contributed by atoms with Gasteiger partial charge in [-0.15, -0.1) is 0 Å². The Balaban J connectivity index is 2.44. The number of carboxylic acid groups (broad SMARTS) is 1. The summed E-state index contributed by atoms with van der Waals surface area (Å²) in [5.41, 5.74) is -0.752. The number of carbonyl (C=O) groups excluding carboxylic acids is 1. The van der Waals surface area contributed by atoms with Crippen LogP contribution in [0.25, 0.3) is 0 Å². The largest absolute Gasteiger partial charge is 0.481 e. The first-order valence-corrected chi connectivity index (χ1v) is 6.65. The highest BCUT2D eigenvalue weighted by Gasteiger charge is 2.41. The molecule has 1 aliphatic carbocycles. The zero-order chi connectivity index (χ0) is 13.8. The zero-order valence-corrected chi connectivity index (χ0v) is 11.5. The zero-order valence-electron chi connectivity index (χ0n) is 11.5. The SMILES string of the molecule is CC(C)C(C)NC(=O)NCC1(C(=O)O)CCCC1. The third kappa shape index (κ3) is 3.62. The number of nitrogens with one attached hydrogen (secondary N) is 2. The number of hydrogen-bond acceptors (Lipinski definition) is 2. The molecular formula is C13H24N2O3. The van der Waals surface area contributed by atoms with Gasteiger partial charge in [0.1, 0.15) is 0 Å². The van der Waals surface area contributed by atoms with Crippen molar-refractivity contribution in [1.82, 2.24) is 10.6 Å². The Bertz CT molecular complexity index is 309. The first-order valence-electron chi connectivity index (χ1n) is 6.65. The molecule has 0 radical (unpaired) electrons. The first kappa shape index (κ1) is 14.8. The van der Waals surface area contributed by atoms with E-state index < -0.39 is 11.4 Å². The minimum Gasteiger partial charge on any atom is -0.481 e. The first-order chi connectivity index (χ1) is 8.37. The molecule has 0 saturated heterocycles. The van der Waals surface area contributed by atoms with Gasteiger partial charge in [-0.25, -0.2) is 4.79 Å². The summed E-state index contributed by atoms with van der Waals surface area (Å²) in [5.74, 6) is -0.437. The minimum atomic E-state index is -0.794. The predicted molar refractivity (Wildman–Crippen MR) is 69.4 cm³/mol. The second-order valence-corrected chi connectivity index (χ2v) is 5.65. The molecule has 1 fully saturated rings. The molecule has 0 heterocycles. The van der Waals surface area contributed by atoms with Gasteiger partial charge in [0.25, 0.3) is 0 Å². The molecule has 3 N–H and O–H groups in total. The van der Waals surface area contributed by atoms with Gasteiger partial charge in [0.2, 0.25) is 0 Å². The summed E-state index contributed by atoms with van der Waals surface area (Å²) in [7, 11) is 0. The molecule has 0 bridgehead atoms. The molecule has 0 aliphatic heterocycles. The van der Waals surface area contributed by atoms with E-state index in [1.165, 1.54) is 0 Å². The Morgan fingerprint density at radius 3 is 2.22 bits per heavy atom. The van der Waals surface area contributed by atoms with Crippen molar-refractivity contribution in [3.63, 3.8) is 0 Å². The Morgan fingerprint density at radius 1 is 1.22 bits per heavy atom. The van der Waals surface area contributed by atoms with Gasteiger partial charge < -0.3 is 15.7 Å². The maximum atomic E-state index is 11.7. The molecular weight excluding hydrogens is 232 g/mol. The van der Waals surface area contributed by atoms with E-state index in [4.69, 9.17) is 0 Å². The molecule has 1 aliphatic rings.